The summed E-state index contributed by atoms with van der Waals surface area (Å²) < 4.78 is 0. The first-order valence-electron chi connectivity index (χ1n) is 23.7. The zero-order valence-corrected chi connectivity index (χ0v) is 35.2. The lowest BCUT2D eigenvalue weighted by molar-refractivity contribution is -0.129. The molecule has 0 aromatic carbocycles. The molecule has 0 spiro atoms. The fraction of sp³-hybridized carbons (Fsp3) is 0.957. The van der Waals surface area contributed by atoms with Crippen molar-refractivity contribution in [3.8, 4) is 0 Å². The molecule has 0 saturated carbocycles. The molecule has 0 bridgehead atoms. The Morgan fingerprint density at radius 2 is 0.412 bits per heavy atom. The van der Waals surface area contributed by atoms with E-state index in [1.54, 1.807) is 0 Å². The minimum Gasteiger partial charge on any atom is -0.356 e. The maximum absolute atomic E-state index is 12.1. The summed E-state index contributed by atoms with van der Waals surface area (Å²) in [7, 11) is 0. The van der Waals surface area contributed by atoms with Gasteiger partial charge in [0.25, 0.3) is 0 Å². The van der Waals surface area contributed by atoms with E-state index in [4.69, 9.17) is 0 Å². The highest BCUT2D eigenvalue weighted by molar-refractivity contribution is 5.96. The fourth-order valence-electron chi connectivity index (χ4n) is 7.49. The smallest absolute Gasteiger partial charge is 0.229 e. The van der Waals surface area contributed by atoms with Gasteiger partial charge >= 0.3 is 0 Å². The van der Waals surface area contributed by atoms with Crippen molar-refractivity contribution in [3.63, 3.8) is 0 Å². The largest absolute Gasteiger partial charge is 0.356 e. The van der Waals surface area contributed by atoms with Crippen molar-refractivity contribution in [1.29, 1.82) is 0 Å². The number of carbonyl (C=O) groups is 2. The molecule has 0 aliphatic heterocycles. The Bertz CT molecular complexity index is 625. The second-order valence-corrected chi connectivity index (χ2v) is 16.3. The second kappa shape index (κ2) is 45.1. The van der Waals surface area contributed by atoms with Crippen LogP contribution >= 0.6 is 0 Å². The number of unbranched alkanes of at least 4 members (excludes halogenated alkanes) is 38. The molecule has 2 N–H and O–H groups in total. The first-order chi connectivity index (χ1) is 25.2. The minimum absolute atomic E-state index is 0.0294. The lowest BCUT2D eigenvalue weighted by Crippen LogP contribution is -2.32. The van der Waals surface area contributed by atoms with E-state index < -0.39 is 0 Å². The van der Waals surface area contributed by atoms with E-state index >= 15 is 0 Å². The van der Waals surface area contributed by atoms with Gasteiger partial charge in [0.15, 0.2) is 0 Å². The van der Waals surface area contributed by atoms with Crippen LogP contribution in [0.2, 0.25) is 0 Å². The molecule has 0 fully saturated rings. The van der Waals surface area contributed by atoms with Gasteiger partial charge in [-0.25, -0.2) is 0 Å². The lowest BCUT2D eigenvalue weighted by atomic mass is 10.0. The molecular formula is C47H94N2O2. The van der Waals surface area contributed by atoms with Gasteiger partial charge in [-0.3, -0.25) is 9.59 Å². The Morgan fingerprint density at radius 1 is 0.255 bits per heavy atom. The molecule has 0 aliphatic carbocycles. The third kappa shape index (κ3) is 45.0. The van der Waals surface area contributed by atoms with E-state index in [1.165, 1.54) is 244 Å². The van der Waals surface area contributed by atoms with Crippen LogP contribution in [0.5, 0.6) is 0 Å². The first-order valence-corrected chi connectivity index (χ1v) is 23.7. The zero-order chi connectivity index (χ0) is 37.0. The van der Waals surface area contributed by atoms with Gasteiger partial charge in [-0.1, -0.05) is 258 Å². The van der Waals surface area contributed by atoms with Gasteiger partial charge in [-0.2, -0.15) is 0 Å². The van der Waals surface area contributed by atoms with E-state index in [0.29, 0.717) is 13.1 Å². The third-order valence-electron chi connectivity index (χ3n) is 11.0. The molecule has 51 heavy (non-hydrogen) atoms. The normalized spacial score (nSPS) is 11.3. The van der Waals surface area contributed by atoms with E-state index in [0.717, 1.165) is 12.8 Å². The van der Waals surface area contributed by atoms with Gasteiger partial charge in [0.2, 0.25) is 11.8 Å². The quantitative estimate of drug-likeness (QED) is 0.0487. The Balaban J connectivity index is 3.24. The van der Waals surface area contributed by atoms with Crippen LogP contribution in [0.3, 0.4) is 0 Å². The summed E-state index contributed by atoms with van der Waals surface area (Å²) in [5, 5.41) is 5.87. The van der Waals surface area contributed by atoms with Crippen LogP contribution in [0.25, 0.3) is 0 Å². The van der Waals surface area contributed by atoms with Crippen LogP contribution in [-0.4, -0.2) is 24.9 Å². The van der Waals surface area contributed by atoms with Crippen LogP contribution in [0, 0.1) is 0 Å². The molecule has 0 radical (unpaired) electrons. The number of carbonyl (C=O) groups excluding carboxylic acids is 2. The third-order valence-corrected chi connectivity index (χ3v) is 11.0. The van der Waals surface area contributed by atoms with Crippen LogP contribution < -0.4 is 10.6 Å². The predicted octanol–water partition coefficient (Wildman–Crippen LogP) is 15.3. The second-order valence-electron chi connectivity index (χ2n) is 16.3. The molecule has 0 aromatic heterocycles. The van der Waals surface area contributed by atoms with Crippen molar-refractivity contribution in [3.05, 3.63) is 0 Å². The highest BCUT2D eigenvalue weighted by Crippen LogP contribution is 2.16. The van der Waals surface area contributed by atoms with Gasteiger partial charge in [0.1, 0.15) is 6.42 Å². The average molecular weight is 719 g/mol. The summed E-state index contributed by atoms with van der Waals surface area (Å²) in [4.78, 5) is 24.2. The monoisotopic (exact) mass is 719 g/mol. The molecule has 0 rings (SSSR count). The fourth-order valence-corrected chi connectivity index (χ4v) is 7.49. The predicted molar refractivity (Wildman–Crippen MR) is 227 cm³/mol. The minimum atomic E-state index is -0.131. The average Bonchev–Trinajstić information content (AvgIpc) is 3.12. The molecule has 0 aliphatic rings. The van der Waals surface area contributed by atoms with Crippen molar-refractivity contribution in [2.75, 3.05) is 13.1 Å². The Morgan fingerprint density at radius 3 is 0.588 bits per heavy atom. The van der Waals surface area contributed by atoms with Crippen molar-refractivity contribution in [2.45, 2.75) is 277 Å². The lowest BCUT2D eigenvalue weighted by Gasteiger charge is -2.07. The molecule has 0 aromatic rings. The Labute approximate surface area is 321 Å². The topological polar surface area (TPSA) is 58.2 Å². The summed E-state index contributed by atoms with van der Waals surface area (Å²) in [6.07, 6.45) is 55.0. The van der Waals surface area contributed by atoms with E-state index in [9.17, 15) is 9.59 Å². The summed E-state index contributed by atoms with van der Waals surface area (Å²) >= 11 is 0. The summed E-state index contributed by atoms with van der Waals surface area (Å²) in [5.74, 6) is -0.261. The molecule has 0 heterocycles. The van der Waals surface area contributed by atoms with Crippen LogP contribution in [0.1, 0.15) is 277 Å². The molecule has 304 valence electrons. The van der Waals surface area contributed by atoms with Gasteiger partial charge in [0, 0.05) is 13.1 Å². The molecule has 0 saturated heterocycles. The standard InChI is InChI=1S/C47H94N2O2/c1-3-5-7-9-11-13-15-17-19-21-23-25-27-29-31-33-35-37-39-41-43-48-46(50)45-47(51)49-44-42-40-38-36-34-32-30-28-26-24-22-20-18-16-14-12-10-8-6-4-2/h3-45H2,1-2H3,(H,48,50)(H,49,51). The van der Waals surface area contributed by atoms with Crippen molar-refractivity contribution in [2.24, 2.45) is 0 Å². The Hall–Kier alpha value is -1.06. The molecule has 0 atom stereocenters. The zero-order valence-electron chi connectivity index (χ0n) is 35.2. The molecular weight excluding hydrogens is 625 g/mol. The summed E-state index contributed by atoms with van der Waals surface area (Å²) in [6, 6.07) is 0. The summed E-state index contributed by atoms with van der Waals surface area (Å²) in [5.41, 5.74) is 0. The SMILES string of the molecule is CCCCCCCCCCCCCCCCCCCCCCNC(=O)CC(=O)NCCCCCCCCCCCCCCCCCCCCCC. The van der Waals surface area contributed by atoms with Gasteiger partial charge in [-0.05, 0) is 12.8 Å². The van der Waals surface area contributed by atoms with Crippen molar-refractivity contribution >= 4 is 11.8 Å². The Kier molecular flexibility index (Phi) is 44.2. The highest BCUT2D eigenvalue weighted by Gasteiger charge is 2.08. The number of rotatable bonds is 44. The number of hydrogen-bond acceptors (Lipinski definition) is 2. The molecule has 4 nitrogen and oxygen atoms in total. The number of amides is 2. The van der Waals surface area contributed by atoms with Crippen molar-refractivity contribution < 1.29 is 9.59 Å². The summed E-state index contributed by atoms with van der Waals surface area (Å²) in [6.45, 7) is 5.98. The van der Waals surface area contributed by atoms with Crippen LogP contribution in [0.15, 0.2) is 0 Å². The highest BCUT2D eigenvalue weighted by atomic mass is 16.2. The molecule has 2 amide bonds. The van der Waals surface area contributed by atoms with E-state index in [1.807, 2.05) is 0 Å². The maximum Gasteiger partial charge on any atom is 0.229 e. The van der Waals surface area contributed by atoms with Crippen molar-refractivity contribution in [1.82, 2.24) is 10.6 Å². The van der Waals surface area contributed by atoms with Gasteiger partial charge < -0.3 is 10.6 Å². The number of hydrogen-bond donors (Lipinski definition) is 2. The van der Waals surface area contributed by atoms with Crippen LogP contribution in [-0.2, 0) is 9.59 Å². The van der Waals surface area contributed by atoms with Crippen LogP contribution in [0.4, 0.5) is 0 Å². The number of nitrogens with one attached hydrogen (secondary N) is 2. The maximum atomic E-state index is 12.1. The molecule has 4 heteroatoms. The van der Waals surface area contributed by atoms with Gasteiger partial charge in [0.05, 0.1) is 0 Å². The van der Waals surface area contributed by atoms with E-state index in [2.05, 4.69) is 24.5 Å². The first kappa shape index (κ1) is 49.9. The van der Waals surface area contributed by atoms with Gasteiger partial charge in [-0.15, -0.1) is 0 Å². The molecule has 0 unspecified atom stereocenters. The van der Waals surface area contributed by atoms with E-state index in [-0.39, 0.29) is 18.2 Å².